The van der Waals surface area contributed by atoms with Gasteiger partial charge in [-0.1, -0.05) is 13.3 Å². The second-order valence-corrected chi connectivity index (χ2v) is 8.45. The quantitative estimate of drug-likeness (QED) is 0.254. The van der Waals surface area contributed by atoms with Gasteiger partial charge in [-0.25, -0.2) is 5.43 Å². The van der Waals surface area contributed by atoms with Crippen molar-refractivity contribution in [3.8, 4) is 5.75 Å². The molecular formula is C23H28ClN3O5. The van der Waals surface area contributed by atoms with E-state index in [1.165, 1.54) is 12.5 Å². The van der Waals surface area contributed by atoms with E-state index in [0.29, 0.717) is 24.3 Å². The van der Waals surface area contributed by atoms with Gasteiger partial charge in [0.15, 0.2) is 5.78 Å². The molecule has 3 rings (SSSR count). The number of carbonyl (C=O) groups excluding carboxylic acids is 3. The fourth-order valence-corrected chi connectivity index (χ4v) is 3.89. The molecular weight excluding hydrogens is 434 g/mol. The Morgan fingerprint density at radius 1 is 1.28 bits per heavy atom. The maximum atomic E-state index is 12.6. The number of halogens is 1. The minimum Gasteiger partial charge on any atom is -0.496 e. The molecule has 0 saturated heterocycles. The van der Waals surface area contributed by atoms with Crippen LogP contribution in [-0.2, 0) is 14.3 Å². The molecule has 9 heteroatoms. The number of benzene rings is 1. The maximum Gasteiger partial charge on any atom is 0.259 e. The van der Waals surface area contributed by atoms with E-state index < -0.39 is 5.91 Å². The van der Waals surface area contributed by atoms with Crippen molar-refractivity contribution < 1.29 is 23.9 Å². The van der Waals surface area contributed by atoms with Crippen LogP contribution in [0.5, 0.6) is 5.75 Å². The summed E-state index contributed by atoms with van der Waals surface area (Å²) >= 11 is 6.17. The number of Topliss-reactive ketones (excluding diaryl/α,β-unsaturated/α-hetero) is 1. The molecule has 1 aliphatic heterocycles. The molecule has 1 saturated carbocycles. The minimum atomic E-state index is -0.518. The molecule has 0 spiro atoms. The first-order valence-corrected chi connectivity index (χ1v) is 11.3. The van der Waals surface area contributed by atoms with E-state index >= 15 is 0 Å². The first-order chi connectivity index (χ1) is 15.5. The molecule has 2 N–H and O–H groups in total. The number of carbonyl (C=O) groups is 3. The van der Waals surface area contributed by atoms with Gasteiger partial charge in [0, 0.05) is 10.9 Å². The Morgan fingerprint density at radius 2 is 2.06 bits per heavy atom. The van der Waals surface area contributed by atoms with Gasteiger partial charge in [0.2, 0.25) is 0 Å². The molecule has 1 fully saturated rings. The van der Waals surface area contributed by atoms with Crippen molar-refractivity contribution in [2.75, 3.05) is 13.2 Å². The van der Waals surface area contributed by atoms with Gasteiger partial charge >= 0.3 is 0 Å². The van der Waals surface area contributed by atoms with Crippen molar-refractivity contribution in [3.63, 3.8) is 0 Å². The molecule has 0 bridgehead atoms. The van der Waals surface area contributed by atoms with E-state index in [2.05, 4.69) is 22.8 Å². The van der Waals surface area contributed by atoms with E-state index in [4.69, 9.17) is 21.1 Å². The van der Waals surface area contributed by atoms with Gasteiger partial charge < -0.3 is 14.8 Å². The smallest absolute Gasteiger partial charge is 0.259 e. The summed E-state index contributed by atoms with van der Waals surface area (Å²) < 4.78 is 11.2. The first-order valence-electron chi connectivity index (χ1n) is 10.8. The van der Waals surface area contributed by atoms with Crippen LogP contribution in [0.25, 0.3) is 0 Å². The second kappa shape index (κ2) is 11.7. The number of hydrazone groups is 1. The molecule has 1 heterocycles. The highest BCUT2D eigenvalue weighted by atomic mass is 35.5. The molecule has 1 aromatic carbocycles. The lowest BCUT2D eigenvalue weighted by Crippen LogP contribution is -2.40. The fourth-order valence-electron chi connectivity index (χ4n) is 3.57. The van der Waals surface area contributed by atoms with Crippen LogP contribution in [-0.4, -0.2) is 48.4 Å². The lowest BCUT2D eigenvalue weighted by molar-refractivity contribution is -0.126. The molecule has 2 aliphatic rings. The lowest BCUT2D eigenvalue weighted by Gasteiger charge is -2.35. The summed E-state index contributed by atoms with van der Waals surface area (Å²) in [6.07, 6.45) is 6.65. The summed E-state index contributed by atoms with van der Waals surface area (Å²) in [5, 5.41) is 6.29. The number of nitrogens with zero attached hydrogens (tertiary/aromatic N) is 1. The van der Waals surface area contributed by atoms with Crippen molar-refractivity contribution in [3.05, 3.63) is 41.7 Å². The van der Waals surface area contributed by atoms with E-state index in [1.807, 2.05) is 0 Å². The normalized spacial score (nSPS) is 22.5. The number of hydrogen-bond acceptors (Lipinski definition) is 6. The number of rotatable bonds is 9. The summed E-state index contributed by atoms with van der Waals surface area (Å²) in [6.45, 7) is 2.46. The average Bonchev–Trinajstić information content (AvgIpc) is 2.80. The fraction of sp³-hybridized carbons (Fsp3) is 0.478. The molecule has 8 nitrogen and oxygen atoms in total. The molecule has 172 valence electrons. The zero-order valence-electron chi connectivity index (χ0n) is 18.0. The zero-order valence-corrected chi connectivity index (χ0v) is 18.8. The number of ether oxygens (including phenoxy) is 2. The van der Waals surface area contributed by atoms with E-state index in [9.17, 15) is 14.4 Å². The number of fused-ring (bicyclic) bond motifs is 1. The van der Waals surface area contributed by atoms with Crippen LogP contribution in [0.15, 0.2) is 41.2 Å². The number of alkyl halides is 1. The Kier molecular flexibility index (Phi) is 8.67. The number of hydrogen-bond donors (Lipinski definition) is 2. The monoisotopic (exact) mass is 461 g/mol. The van der Waals surface area contributed by atoms with Crippen LogP contribution in [0.1, 0.15) is 49.4 Å². The predicted molar refractivity (Wildman–Crippen MR) is 121 cm³/mol. The summed E-state index contributed by atoms with van der Waals surface area (Å²) in [5.41, 5.74) is 2.99. The molecule has 0 aromatic heterocycles. The van der Waals surface area contributed by atoms with Crippen LogP contribution in [0.2, 0.25) is 0 Å². The highest BCUT2D eigenvalue weighted by molar-refractivity contribution is 6.21. The molecule has 3 atom stereocenters. The minimum absolute atomic E-state index is 0.0341. The van der Waals surface area contributed by atoms with E-state index in [-0.39, 0.29) is 41.2 Å². The molecule has 0 radical (unpaired) electrons. The molecule has 2 amide bonds. The van der Waals surface area contributed by atoms with Crippen LogP contribution in [0.3, 0.4) is 0 Å². The predicted octanol–water partition coefficient (Wildman–Crippen LogP) is 2.96. The van der Waals surface area contributed by atoms with Crippen molar-refractivity contribution in [1.82, 2.24) is 10.7 Å². The summed E-state index contributed by atoms with van der Waals surface area (Å²) in [7, 11) is 0. The van der Waals surface area contributed by atoms with Gasteiger partial charge in [0.05, 0.1) is 37.1 Å². The number of amides is 2. The van der Waals surface area contributed by atoms with Crippen LogP contribution >= 0.6 is 11.6 Å². The topological polar surface area (TPSA) is 106 Å². The second-order valence-electron chi connectivity index (χ2n) is 7.83. The van der Waals surface area contributed by atoms with Crippen LogP contribution < -0.4 is 15.5 Å². The van der Waals surface area contributed by atoms with Gasteiger partial charge in [-0.05, 0) is 49.9 Å². The number of ketones is 1. The van der Waals surface area contributed by atoms with Gasteiger partial charge in [-0.15, -0.1) is 11.6 Å². The van der Waals surface area contributed by atoms with Crippen LogP contribution in [0.4, 0.5) is 0 Å². The largest absolute Gasteiger partial charge is 0.496 e. The first kappa shape index (κ1) is 23.8. The Bertz CT molecular complexity index is 884. The molecule has 3 unspecified atom stereocenters. The van der Waals surface area contributed by atoms with Crippen LogP contribution in [0, 0.1) is 5.92 Å². The van der Waals surface area contributed by atoms with Crippen molar-refractivity contribution in [2.45, 2.75) is 50.5 Å². The van der Waals surface area contributed by atoms with Gasteiger partial charge in [-0.3, -0.25) is 14.4 Å². The number of nitrogens with one attached hydrogen (secondary N) is 2. The van der Waals surface area contributed by atoms with E-state index in [1.54, 1.807) is 24.3 Å². The van der Waals surface area contributed by atoms with Gasteiger partial charge in [0.1, 0.15) is 11.9 Å². The lowest BCUT2D eigenvalue weighted by atomic mass is 9.80. The summed E-state index contributed by atoms with van der Waals surface area (Å²) in [5.74, 6) is -0.577. The van der Waals surface area contributed by atoms with Crippen molar-refractivity contribution in [2.24, 2.45) is 11.0 Å². The third kappa shape index (κ3) is 6.56. The number of allylic oxidation sites excluding steroid dienone is 1. The van der Waals surface area contributed by atoms with Crippen molar-refractivity contribution in [1.29, 1.82) is 0 Å². The summed E-state index contributed by atoms with van der Waals surface area (Å²) in [6, 6.07) is 6.71. The average molecular weight is 462 g/mol. The highest BCUT2D eigenvalue weighted by Gasteiger charge is 2.39. The Morgan fingerprint density at radius 3 is 2.81 bits per heavy atom. The van der Waals surface area contributed by atoms with E-state index in [0.717, 1.165) is 25.7 Å². The third-order valence-electron chi connectivity index (χ3n) is 5.40. The standard InChI is InChI=1S/C23H28ClN3O5/c1-2-3-10-31-18-7-4-15(5-8-18)23(30)25-13-21(28)27-26-12-16-14-32-20-9-6-17(24)11-19(20)22(16)29/h4-5,7-8,12,14,17,19-20H,2-3,6,9-11,13H2,1H3,(H,25,30)(H,27,28)/b26-12+. The van der Waals surface area contributed by atoms with Crippen molar-refractivity contribution >= 4 is 35.4 Å². The third-order valence-corrected chi connectivity index (χ3v) is 5.80. The Labute approximate surface area is 192 Å². The SMILES string of the molecule is CCCCOc1ccc(C(=O)NCC(=O)N/N=C/C2=COC3CCC(Cl)CC3C2=O)cc1. The Balaban J connectivity index is 1.42. The molecule has 1 aliphatic carbocycles. The zero-order chi connectivity index (χ0) is 22.9. The molecule has 1 aromatic rings. The highest BCUT2D eigenvalue weighted by Crippen LogP contribution is 2.34. The molecule has 32 heavy (non-hydrogen) atoms. The summed E-state index contributed by atoms with van der Waals surface area (Å²) in [4.78, 5) is 36.7. The maximum absolute atomic E-state index is 12.6. The number of unbranched alkanes of at least 4 members (excludes halogenated alkanes) is 1. The van der Waals surface area contributed by atoms with Gasteiger partial charge in [0.25, 0.3) is 11.8 Å². The Hall–Kier alpha value is -2.87. The van der Waals surface area contributed by atoms with Gasteiger partial charge in [-0.2, -0.15) is 5.10 Å².